The number of carbonyl (C=O) groups is 1. The number of anilines is 1. The second kappa shape index (κ2) is 7.76. The van der Waals surface area contributed by atoms with Crippen molar-refractivity contribution in [1.82, 2.24) is 14.6 Å². The number of alkyl halides is 3. The van der Waals surface area contributed by atoms with Crippen LogP contribution in [0.4, 0.5) is 23.2 Å². The van der Waals surface area contributed by atoms with Gasteiger partial charge in [-0.25, -0.2) is 4.39 Å². The molecule has 0 spiro atoms. The van der Waals surface area contributed by atoms with Crippen LogP contribution >= 0.6 is 35.0 Å². The number of nitrogens with one attached hydrogen (secondary N) is 1. The van der Waals surface area contributed by atoms with Crippen LogP contribution in [0.5, 0.6) is 0 Å². The minimum Gasteiger partial charge on any atom is -0.325 e. The molecule has 1 N–H and O–H groups in total. The van der Waals surface area contributed by atoms with E-state index in [0.29, 0.717) is 0 Å². The van der Waals surface area contributed by atoms with E-state index in [9.17, 15) is 22.4 Å². The zero-order valence-corrected chi connectivity index (χ0v) is 16.2. The Labute approximate surface area is 170 Å². The standard InChI is InChI=1S/C16H10Cl2F4N4OS/c1-7(14(27)23-9-2-3-12(19)10(17)5-9)28-15-25-24-13-11(18)4-8(6-26(13)15)16(20,21)22/h2-7H,1H3,(H,23,27). The second-order valence-electron chi connectivity index (χ2n) is 5.63. The van der Waals surface area contributed by atoms with Crippen molar-refractivity contribution in [2.45, 2.75) is 23.5 Å². The molecule has 0 saturated heterocycles. The van der Waals surface area contributed by atoms with Gasteiger partial charge in [0.2, 0.25) is 5.91 Å². The molecule has 12 heteroatoms. The van der Waals surface area contributed by atoms with E-state index in [1.54, 1.807) is 0 Å². The average Bonchev–Trinajstić information content (AvgIpc) is 3.01. The maximum atomic E-state index is 13.2. The fourth-order valence-electron chi connectivity index (χ4n) is 2.20. The molecule has 1 aromatic carbocycles. The number of benzene rings is 1. The van der Waals surface area contributed by atoms with E-state index in [-0.39, 0.29) is 26.5 Å². The number of hydrogen-bond donors (Lipinski definition) is 1. The number of rotatable bonds is 4. The summed E-state index contributed by atoms with van der Waals surface area (Å²) in [4.78, 5) is 12.3. The van der Waals surface area contributed by atoms with Gasteiger partial charge in [0.25, 0.3) is 0 Å². The highest BCUT2D eigenvalue weighted by Gasteiger charge is 2.32. The first-order chi connectivity index (χ1) is 13.1. The Morgan fingerprint density at radius 3 is 2.57 bits per heavy atom. The monoisotopic (exact) mass is 452 g/mol. The minimum absolute atomic E-state index is 0.0371. The van der Waals surface area contributed by atoms with Crippen LogP contribution in [0.2, 0.25) is 10.0 Å². The number of aromatic nitrogens is 3. The van der Waals surface area contributed by atoms with Crippen LogP contribution in [-0.2, 0) is 11.0 Å². The van der Waals surface area contributed by atoms with Gasteiger partial charge >= 0.3 is 6.18 Å². The number of fused-ring (bicyclic) bond motifs is 1. The molecule has 2 heterocycles. The van der Waals surface area contributed by atoms with Crippen molar-refractivity contribution in [1.29, 1.82) is 0 Å². The first kappa shape index (κ1) is 20.7. The van der Waals surface area contributed by atoms with Gasteiger partial charge in [-0.15, -0.1) is 10.2 Å². The summed E-state index contributed by atoms with van der Waals surface area (Å²) in [6.45, 7) is 1.53. The second-order valence-corrected chi connectivity index (χ2v) is 7.75. The summed E-state index contributed by atoms with van der Waals surface area (Å²) in [7, 11) is 0. The predicted molar refractivity (Wildman–Crippen MR) is 98.4 cm³/mol. The zero-order chi connectivity index (χ0) is 20.6. The first-order valence-corrected chi connectivity index (χ1v) is 9.24. The number of nitrogens with zero attached hydrogens (tertiary/aromatic N) is 3. The highest BCUT2D eigenvalue weighted by atomic mass is 35.5. The molecular weight excluding hydrogens is 443 g/mol. The molecule has 1 unspecified atom stereocenters. The summed E-state index contributed by atoms with van der Waals surface area (Å²) in [5, 5.41) is 9.04. The fourth-order valence-corrected chi connectivity index (χ4v) is 3.45. The molecule has 0 aliphatic heterocycles. The summed E-state index contributed by atoms with van der Waals surface area (Å²) in [6.07, 6.45) is -3.79. The van der Waals surface area contributed by atoms with E-state index in [2.05, 4.69) is 15.5 Å². The number of pyridine rings is 1. The van der Waals surface area contributed by atoms with Crippen molar-refractivity contribution in [3.8, 4) is 0 Å². The maximum Gasteiger partial charge on any atom is 0.417 e. The SMILES string of the molecule is CC(Sc1nnc2c(Cl)cc(C(F)(F)F)cn12)C(=O)Nc1ccc(F)c(Cl)c1. The largest absolute Gasteiger partial charge is 0.417 e. The molecule has 1 atom stereocenters. The maximum absolute atomic E-state index is 13.2. The number of amides is 1. The molecule has 148 valence electrons. The molecule has 5 nitrogen and oxygen atoms in total. The van der Waals surface area contributed by atoms with Gasteiger partial charge in [-0.2, -0.15) is 13.2 Å². The summed E-state index contributed by atoms with van der Waals surface area (Å²) in [5.74, 6) is -1.11. The fraction of sp³-hybridized carbons (Fsp3) is 0.188. The molecule has 0 aliphatic carbocycles. The van der Waals surface area contributed by atoms with Crippen LogP contribution in [0, 0.1) is 5.82 Å². The Morgan fingerprint density at radius 2 is 1.93 bits per heavy atom. The van der Waals surface area contributed by atoms with Crippen LogP contribution in [-0.4, -0.2) is 25.8 Å². The number of hydrogen-bond acceptors (Lipinski definition) is 4. The lowest BCUT2D eigenvalue weighted by molar-refractivity contribution is -0.137. The summed E-state index contributed by atoms with van der Waals surface area (Å²) < 4.78 is 53.3. The zero-order valence-electron chi connectivity index (χ0n) is 13.9. The quantitative estimate of drug-likeness (QED) is 0.430. The summed E-state index contributed by atoms with van der Waals surface area (Å²) in [6, 6.07) is 4.43. The Bertz CT molecular complexity index is 1060. The van der Waals surface area contributed by atoms with Crippen molar-refractivity contribution in [2.75, 3.05) is 5.32 Å². The third-order valence-electron chi connectivity index (χ3n) is 3.59. The van der Waals surface area contributed by atoms with Crippen molar-refractivity contribution in [3.05, 3.63) is 51.9 Å². The first-order valence-electron chi connectivity index (χ1n) is 7.60. The molecule has 2 aromatic heterocycles. The van der Waals surface area contributed by atoms with Gasteiger partial charge in [-0.1, -0.05) is 35.0 Å². The molecule has 0 radical (unpaired) electrons. The van der Waals surface area contributed by atoms with E-state index < -0.39 is 28.7 Å². The van der Waals surface area contributed by atoms with Gasteiger partial charge in [-0.05, 0) is 31.2 Å². The minimum atomic E-state index is -4.60. The van der Waals surface area contributed by atoms with E-state index in [1.807, 2.05) is 0 Å². The molecule has 3 aromatic rings. The number of thioether (sulfide) groups is 1. The van der Waals surface area contributed by atoms with Crippen molar-refractivity contribution in [3.63, 3.8) is 0 Å². The lowest BCUT2D eigenvalue weighted by atomic mass is 10.3. The number of carbonyl (C=O) groups excluding carboxylic acids is 1. The molecule has 1 amide bonds. The molecule has 0 aliphatic rings. The Balaban J connectivity index is 1.82. The third kappa shape index (κ3) is 4.34. The van der Waals surface area contributed by atoms with Crippen molar-refractivity contribution in [2.24, 2.45) is 0 Å². The van der Waals surface area contributed by atoms with Crippen LogP contribution in [0.3, 0.4) is 0 Å². The molecule has 3 rings (SSSR count). The Morgan fingerprint density at radius 1 is 1.21 bits per heavy atom. The van der Waals surface area contributed by atoms with Gasteiger partial charge in [0, 0.05) is 11.9 Å². The van der Waals surface area contributed by atoms with Crippen molar-refractivity contribution >= 4 is 52.2 Å². The van der Waals surface area contributed by atoms with E-state index in [0.717, 1.165) is 34.5 Å². The van der Waals surface area contributed by atoms with Crippen LogP contribution < -0.4 is 5.32 Å². The Hall–Kier alpha value is -2.04. The molecule has 0 bridgehead atoms. The average molecular weight is 453 g/mol. The van der Waals surface area contributed by atoms with Gasteiger partial charge in [0.1, 0.15) is 5.82 Å². The number of halogens is 6. The van der Waals surface area contributed by atoms with Gasteiger partial charge in [-0.3, -0.25) is 9.20 Å². The van der Waals surface area contributed by atoms with Crippen LogP contribution in [0.1, 0.15) is 12.5 Å². The van der Waals surface area contributed by atoms with Crippen LogP contribution in [0.25, 0.3) is 5.65 Å². The summed E-state index contributed by atoms with van der Waals surface area (Å²) in [5.41, 5.74) is -0.655. The lowest BCUT2D eigenvalue weighted by Crippen LogP contribution is -2.22. The van der Waals surface area contributed by atoms with Gasteiger partial charge in [0.05, 0.1) is 20.9 Å². The van der Waals surface area contributed by atoms with E-state index in [4.69, 9.17) is 23.2 Å². The van der Waals surface area contributed by atoms with E-state index in [1.165, 1.54) is 19.1 Å². The molecular formula is C16H10Cl2F4N4OS. The highest BCUT2D eigenvalue weighted by molar-refractivity contribution is 8.00. The van der Waals surface area contributed by atoms with Crippen molar-refractivity contribution < 1.29 is 22.4 Å². The lowest BCUT2D eigenvalue weighted by Gasteiger charge is -2.12. The summed E-state index contributed by atoms with van der Waals surface area (Å²) >= 11 is 12.4. The molecule has 28 heavy (non-hydrogen) atoms. The van der Waals surface area contributed by atoms with E-state index >= 15 is 0 Å². The highest BCUT2D eigenvalue weighted by Crippen LogP contribution is 2.34. The van der Waals surface area contributed by atoms with Gasteiger partial charge in [0.15, 0.2) is 10.8 Å². The topological polar surface area (TPSA) is 59.3 Å². The predicted octanol–water partition coefficient (Wildman–Crippen LogP) is 5.31. The van der Waals surface area contributed by atoms with Gasteiger partial charge < -0.3 is 5.32 Å². The third-order valence-corrected chi connectivity index (χ3v) is 5.22. The smallest absolute Gasteiger partial charge is 0.325 e. The Kier molecular flexibility index (Phi) is 5.74. The molecule has 0 fully saturated rings. The normalized spacial score (nSPS) is 13.0. The van der Waals surface area contributed by atoms with Crippen LogP contribution in [0.15, 0.2) is 35.6 Å². The molecule has 0 saturated carbocycles.